The molecular weight excluding hydrogens is 432 g/mol. The highest BCUT2D eigenvalue weighted by atomic mass is 79.9. The van der Waals surface area contributed by atoms with E-state index in [2.05, 4.69) is 50.5 Å². The summed E-state index contributed by atoms with van der Waals surface area (Å²) >= 11 is 9.48. The largest absolute Gasteiger partial charge is 0.361 e. The maximum atomic E-state index is 6.02. The molecule has 0 radical (unpaired) electrons. The van der Waals surface area contributed by atoms with Gasteiger partial charge in [0.25, 0.3) is 0 Å². The van der Waals surface area contributed by atoms with E-state index in [1.165, 1.54) is 0 Å². The minimum Gasteiger partial charge on any atom is -0.361 e. The summed E-state index contributed by atoms with van der Waals surface area (Å²) in [4.78, 5) is 13.1. The fourth-order valence-electron chi connectivity index (χ4n) is 2.66. The predicted octanol–water partition coefficient (Wildman–Crippen LogP) is 5.53. The van der Waals surface area contributed by atoms with Gasteiger partial charge in [0, 0.05) is 38.0 Å². The molecule has 0 aromatic carbocycles. The van der Waals surface area contributed by atoms with E-state index >= 15 is 0 Å². The highest BCUT2D eigenvalue weighted by Gasteiger charge is 2.16. The van der Waals surface area contributed by atoms with Gasteiger partial charge in [-0.1, -0.05) is 19.6 Å². The Labute approximate surface area is 167 Å². The summed E-state index contributed by atoms with van der Waals surface area (Å²) in [7, 11) is -1.11. The van der Waals surface area contributed by atoms with Gasteiger partial charge in [-0.15, -0.1) is 0 Å². The van der Waals surface area contributed by atoms with Gasteiger partial charge in [0.1, 0.15) is 17.0 Å². The maximum absolute atomic E-state index is 6.02. The second-order valence-electron chi connectivity index (χ2n) is 7.54. The Bertz CT molecular complexity index is 939. The number of aryl methyl sites for hydroxylation is 1. The first-order valence-electron chi connectivity index (χ1n) is 8.47. The third kappa shape index (κ3) is 4.51. The van der Waals surface area contributed by atoms with Gasteiger partial charge in [0.05, 0.1) is 5.69 Å². The van der Waals surface area contributed by atoms with Gasteiger partial charge in [-0.2, -0.15) is 0 Å². The number of aromatic nitrogens is 4. The molecule has 5 nitrogen and oxygen atoms in total. The Morgan fingerprint density at radius 3 is 2.73 bits per heavy atom. The normalized spacial score (nSPS) is 12.1. The topological polar surface area (TPSA) is 52.8 Å². The average molecular weight is 454 g/mol. The van der Waals surface area contributed by atoms with Crippen LogP contribution in [0.3, 0.4) is 0 Å². The van der Waals surface area contributed by atoms with E-state index in [9.17, 15) is 0 Å². The van der Waals surface area contributed by atoms with Crippen molar-refractivity contribution in [1.29, 1.82) is 0 Å². The molecule has 0 fully saturated rings. The van der Waals surface area contributed by atoms with Crippen LogP contribution < -0.4 is 0 Å². The van der Waals surface area contributed by atoms with E-state index in [0.29, 0.717) is 6.73 Å². The summed E-state index contributed by atoms with van der Waals surface area (Å²) in [5, 5.41) is 1.25. The van der Waals surface area contributed by atoms with Crippen LogP contribution in [0.4, 0.5) is 0 Å². The molecule has 3 heterocycles. The van der Waals surface area contributed by atoms with Crippen LogP contribution in [-0.4, -0.2) is 34.2 Å². The molecular formula is C18H22BrClN4OSi. The molecule has 0 saturated carbocycles. The number of hydrogen-bond acceptors (Lipinski definition) is 4. The monoisotopic (exact) mass is 452 g/mol. The molecule has 3 aromatic rings. The summed E-state index contributed by atoms with van der Waals surface area (Å²) in [5.41, 5.74) is 3.63. The van der Waals surface area contributed by atoms with Crippen LogP contribution in [0, 0.1) is 6.92 Å². The van der Waals surface area contributed by atoms with Gasteiger partial charge in [-0.3, -0.25) is 0 Å². The van der Waals surface area contributed by atoms with Gasteiger partial charge in [0.2, 0.25) is 5.28 Å². The van der Waals surface area contributed by atoms with Crippen LogP contribution >= 0.6 is 27.5 Å². The molecule has 138 valence electrons. The van der Waals surface area contributed by atoms with E-state index in [1.807, 2.05) is 29.8 Å². The molecule has 0 spiro atoms. The lowest BCUT2D eigenvalue weighted by Crippen LogP contribution is -2.22. The SMILES string of the molecule is Cc1cnc(Cl)nc1-c1cn(COCC[Si](C)(C)C)c2nc(Br)ccc12. The number of fused-ring (bicyclic) bond motifs is 1. The lowest BCUT2D eigenvalue weighted by molar-refractivity contribution is 0.0899. The highest BCUT2D eigenvalue weighted by Crippen LogP contribution is 2.32. The van der Waals surface area contributed by atoms with E-state index in [1.54, 1.807) is 6.20 Å². The number of rotatable bonds is 6. The van der Waals surface area contributed by atoms with Crippen LogP contribution in [0.2, 0.25) is 31.0 Å². The fraction of sp³-hybridized carbons (Fsp3) is 0.389. The van der Waals surface area contributed by atoms with Gasteiger partial charge in [-0.25, -0.2) is 15.0 Å². The molecule has 3 aromatic heterocycles. The number of halogens is 2. The van der Waals surface area contributed by atoms with E-state index < -0.39 is 8.07 Å². The van der Waals surface area contributed by atoms with Crippen molar-refractivity contribution < 1.29 is 4.74 Å². The van der Waals surface area contributed by atoms with Crippen LogP contribution in [0.1, 0.15) is 5.56 Å². The molecule has 0 bridgehead atoms. The molecule has 0 aliphatic carbocycles. The molecule has 0 amide bonds. The van der Waals surface area contributed by atoms with Gasteiger partial charge >= 0.3 is 0 Å². The minimum absolute atomic E-state index is 0.239. The first kappa shape index (κ1) is 19.5. The molecule has 0 atom stereocenters. The summed E-state index contributed by atoms with van der Waals surface area (Å²) in [6, 6.07) is 5.10. The van der Waals surface area contributed by atoms with Gasteiger partial charge < -0.3 is 9.30 Å². The predicted molar refractivity (Wildman–Crippen MR) is 112 cm³/mol. The molecule has 0 aliphatic heterocycles. The smallest absolute Gasteiger partial charge is 0.222 e. The van der Waals surface area contributed by atoms with Crippen molar-refractivity contribution in [3.05, 3.63) is 40.0 Å². The first-order chi connectivity index (χ1) is 12.2. The molecule has 26 heavy (non-hydrogen) atoms. The lowest BCUT2D eigenvalue weighted by atomic mass is 10.1. The highest BCUT2D eigenvalue weighted by molar-refractivity contribution is 9.10. The Morgan fingerprint density at radius 1 is 1.23 bits per heavy atom. The maximum Gasteiger partial charge on any atom is 0.222 e. The van der Waals surface area contributed by atoms with Crippen LogP contribution in [-0.2, 0) is 11.5 Å². The summed E-state index contributed by atoms with van der Waals surface area (Å²) < 4.78 is 8.74. The zero-order chi connectivity index (χ0) is 18.9. The van der Waals surface area contributed by atoms with E-state index in [-0.39, 0.29) is 5.28 Å². The second kappa shape index (κ2) is 7.76. The van der Waals surface area contributed by atoms with E-state index in [4.69, 9.17) is 16.3 Å². The summed E-state index contributed by atoms with van der Waals surface area (Å²) in [6.45, 7) is 10.2. The van der Waals surface area contributed by atoms with Crippen LogP contribution in [0.15, 0.2) is 29.1 Å². The van der Waals surface area contributed by atoms with Crippen LogP contribution in [0.25, 0.3) is 22.3 Å². The Balaban J connectivity index is 1.97. The Morgan fingerprint density at radius 2 is 2.00 bits per heavy atom. The second-order valence-corrected chi connectivity index (χ2v) is 14.3. The fourth-order valence-corrected chi connectivity index (χ4v) is 3.85. The Kier molecular flexibility index (Phi) is 5.81. The number of pyridine rings is 1. The molecule has 3 rings (SSSR count). The molecule has 0 N–H and O–H groups in total. The summed E-state index contributed by atoms with van der Waals surface area (Å²) in [5.74, 6) is 0. The molecule has 0 unspecified atom stereocenters. The average Bonchev–Trinajstić information content (AvgIpc) is 2.91. The van der Waals surface area contributed by atoms with Crippen molar-refractivity contribution in [2.45, 2.75) is 39.3 Å². The van der Waals surface area contributed by atoms with E-state index in [0.717, 1.165) is 45.1 Å². The Hall–Kier alpha value is -1.28. The van der Waals surface area contributed by atoms with Gasteiger partial charge in [0.15, 0.2) is 0 Å². The number of hydrogen-bond donors (Lipinski definition) is 0. The zero-order valence-electron chi connectivity index (χ0n) is 15.4. The summed E-state index contributed by atoms with van der Waals surface area (Å²) in [6.07, 6.45) is 3.77. The van der Waals surface area contributed by atoms with Crippen molar-refractivity contribution in [2.24, 2.45) is 0 Å². The van der Waals surface area contributed by atoms with Crippen molar-refractivity contribution in [1.82, 2.24) is 19.5 Å². The number of ether oxygens (including phenoxy) is 1. The minimum atomic E-state index is -1.11. The van der Waals surface area contributed by atoms with Gasteiger partial charge in [-0.05, 0) is 58.2 Å². The molecule has 0 aliphatic rings. The quantitative estimate of drug-likeness (QED) is 0.213. The number of nitrogens with zero attached hydrogens (tertiary/aromatic N) is 4. The third-order valence-electron chi connectivity index (χ3n) is 4.11. The van der Waals surface area contributed by atoms with Crippen LogP contribution in [0.5, 0.6) is 0 Å². The van der Waals surface area contributed by atoms with Crippen molar-refractivity contribution in [3.63, 3.8) is 0 Å². The first-order valence-corrected chi connectivity index (χ1v) is 13.3. The zero-order valence-corrected chi connectivity index (χ0v) is 18.7. The van der Waals surface area contributed by atoms with Crippen molar-refractivity contribution in [3.8, 4) is 11.3 Å². The standard InChI is InChI=1S/C18H22BrClN4OSi/c1-12-9-21-18(20)23-16(12)14-10-24(11-25-7-8-26(2,3)4)17-13(14)5-6-15(19)22-17/h5-6,9-10H,7-8,11H2,1-4H3. The molecule has 8 heteroatoms. The van der Waals surface area contributed by atoms with Crippen molar-refractivity contribution in [2.75, 3.05) is 6.61 Å². The lowest BCUT2D eigenvalue weighted by Gasteiger charge is -2.15. The third-order valence-corrected chi connectivity index (χ3v) is 6.44. The van der Waals surface area contributed by atoms with Crippen molar-refractivity contribution >= 4 is 46.6 Å². The molecule has 0 saturated heterocycles.